The molecule has 17 heavy (non-hydrogen) atoms. The van der Waals surface area contributed by atoms with Crippen molar-refractivity contribution in [3.8, 4) is 0 Å². The molecule has 0 saturated heterocycles. The van der Waals surface area contributed by atoms with Crippen molar-refractivity contribution in [1.29, 1.82) is 0 Å². The van der Waals surface area contributed by atoms with Crippen LogP contribution in [-0.2, 0) is 12.8 Å². The predicted octanol–water partition coefficient (Wildman–Crippen LogP) is 4.34. The second-order valence-corrected chi connectivity index (χ2v) is 6.72. The third kappa shape index (κ3) is 4.21. The quantitative estimate of drug-likeness (QED) is 0.831. The van der Waals surface area contributed by atoms with Crippen molar-refractivity contribution >= 4 is 38.6 Å². The lowest BCUT2D eigenvalue weighted by atomic mass is 10.1. The Morgan fingerprint density at radius 3 is 2.82 bits per heavy atom. The zero-order chi connectivity index (χ0) is 12.1. The fourth-order valence-electron chi connectivity index (χ4n) is 1.90. The van der Waals surface area contributed by atoms with E-state index < -0.39 is 0 Å². The molecule has 92 valence electrons. The van der Waals surface area contributed by atoms with E-state index in [1.807, 2.05) is 11.3 Å². The number of rotatable bonds is 6. The molecule has 1 unspecified atom stereocenters. The molecule has 1 atom stereocenters. The monoisotopic (exact) mass is 329 g/mol. The molecular weight excluding hydrogens is 314 g/mol. The molecule has 0 aliphatic rings. The summed E-state index contributed by atoms with van der Waals surface area (Å²) in [6, 6.07) is 4.99. The van der Waals surface area contributed by atoms with E-state index in [9.17, 15) is 0 Å². The molecule has 2 heterocycles. The van der Waals surface area contributed by atoms with Gasteiger partial charge >= 0.3 is 0 Å². The highest BCUT2D eigenvalue weighted by atomic mass is 79.9. The number of halogens is 1. The smallest absolute Gasteiger partial charge is 0.0285 e. The van der Waals surface area contributed by atoms with Crippen LogP contribution < -0.4 is 5.32 Å². The summed E-state index contributed by atoms with van der Waals surface area (Å²) in [5, 5.41) is 10.1. The minimum atomic E-state index is 0.542. The number of nitrogens with one attached hydrogen (secondary N) is 1. The Labute approximate surface area is 119 Å². The Hall–Kier alpha value is -0.160. The van der Waals surface area contributed by atoms with Gasteiger partial charge in [-0.05, 0) is 63.8 Å². The molecule has 1 nitrogen and oxygen atoms in total. The second-order valence-electron chi connectivity index (χ2n) is 4.03. The average molecular weight is 330 g/mol. The molecule has 0 aromatic carbocycles. The Bertz CT molecular complexity index is 436. The van der Waals surface area contributed by atoms with Gasteiger partial charge in [-0.2, -0.15) is 11.3 Å². The lowest BCUT2D eigenvalue weighted by Crippen LogP contribution is -2.32. The Morgan fingerprint density at radius 1 is 1.35 bits per heavy atom. The minimum absolute atomic E-state index is 0.542. The number of hydrogen-bond donors (Lipinski definition) is 1. The fraction of sp³-hybridized carbons (Fsp3) is 0.385. The van der Waals surface area contributed by atoms with E-state index in [-0.39, 0.29) is 0 Å². The van der Waals surface area contributed by atoms with Crippen LogP contribution in [0.4, 0.5) is 0 Å². The zero-order valence-corrected chi connectivity index (χ0v) is 13.0. The van der Waals surface area contributed by atoms with E-state index in [2.05, 4.69) is 56.4 Å². The van der Waals surface area contributed by atoms with Gasteiger partial charge in [0.15, 0.2) is 0 Å². The van der Waals surface area contributed by atoms with Crippen molar-refractivity contribution in [1.82, 2.24) is 5.32 Å². The third-order valence-corrected chi connectivity index (χ3v) is 5.08. The van der Waals surface area contributed by atoms with E-state index >= 15 is 0 Å². The van der Waals surface area contributed by atoms with Gasteiger partial charge in [0, 0.05) is 20.8 Å². The van der Waals surface area contributed by atoms with Gasteiger partial charge < -0.3 is 5.32 Å². The Balaban J connectivity index is 1.97. The van der Waals surface area contributed by atoms with Crippen molar-refractivity contribution in [3.63, 3.8) is 0 Å². The van der Waals surface area contributed by atoms with E-state index in [4.69, 9.17) is 0 Å². The first-order valence-corrected chi connectivity index (χ1v) is 8.37. The molecule has 1 N–H and O–H groups in total. The van der Waals surface area contributed by atoms with Crippen LogP contribution in [-0.4, -0.2) is 12.6 Å². The van der Waals surface area contributed by atoms with E-state index in [0.717, 1.165) is 19.4 Å². The highest BCUT2D eigenvalue weighted by molar-refractivity contribution is 9.10. The van der Waals surface area contributed by atoms with Gasteiger partial charge in [-0.3, -0.25) is 0 Å². The van der Waals surface area contributed by atoms with Crippen LogP contribution in [0, 0.1) is 0 Å². The Kier molecular flexibility index (Phi) is 5.22. The summed E-state index contributed by atoms with van der Waals surface area (Å²) in [6.45, 7) is 3.20. The molecule has 4 heteroatoms. The summed E-state index contributed by atoms with van der Waals surface area (Å²) in [7, 11) is 0. The summed E-state index contributed by atoms with van der Waals surface area (Å²) >= 11 is 7.12. The molecule has 2 rings (SSSR count). The van der Waals surface area contributed by atoms with Crippen molar-refractivity contribution in [2.75, 3.05) is 6.54 Å². The highest BCUT2D eigenvalue weighted by Crippen LogP contribution is 2.22. The minimum Gasteiger partial charge on any atom is -0.314 e. The standard InChI is InChI=1S/C13H16BrNS2/c1-2-15-12(5-10-3-4-16-8-10)7-13-6-11(14)9-17-13/h3-4,6,8-9,12,15H,2,5,7H2,1H3. The zero-order valence-electron chi connectivity index (χ0n) is 9.78. The maximum Gasteiger partial charge on any atom is 0.0285 e. The van der Waals surface area contributed by atoms with Crippen molar-refractivity contribution in [2.45, 2.75) is 25.8 Å². The second kappa shape index (κ2) is 6.69. The summed E-state index contributed by atoms with van der Waals surface area (Å²) in [6.07, 6.45) is 2.23. The molecule has 2 aromatic rings. The Morgan fingerprint density at radius 2 is 2.24 bits per heavy atom. The third-order valence-electron chi connectivity index (χ3n) is 2.62. The van der Waals surface area contributed by atoms with Gasteiger partial charge in [0.25, 0.3) is 0 Å². The van der Waals surface area contributed by atoms with Gasteiger partial charge in [0.1, 0.15) is 0 Å². The normalized spacial score (nSPS) is 12.8. The van der Waals surface area contributed by atoms with Crippen LogP contribution in [0.15, 0.2) is 32.7 Å². The van der Waals surface area contributed by atoms with Gasteiger partial charge in [-0.15, -0.1) is 11.3 Å². The lowest BCUT2D eigenvalue weighted by Gasteiger charge is -2.16. The van der Waals surface area contributed by atoms with Crippen molar-refractivity contribution in [3.05, 3.63) is 43.2 Å². The first-order chi connectivity index (χ1) is 8.28. The summed E-state index contributed by atoms with van der Waals surface area (Å²) in [5.41, 5.74) is 1.44. The molecule has 0 aliphatic heterocycles. The number of hydrogen-bond acceptors (Lipinski definition) is 3. The van der Waals surface area contributed by atoms with Crippen LogP contribution >= 0.6 is 38.6 Å². The largest absolute Gasteiger partial charge is 0.314 e. The first kappa shape index (κ1) is 13.3. The number of thiophene rings is 2. The molecule has 0 saturated carbocycles. The summed E-state index contributed by atoms with van der Waals surface area (Å²) in [4.78, 5) is 1.44. The maximum absolute atomic E-state index is 3.57. The maximum atomic E-state index is 3.57. The highest BCUT2D eigenvalue weighted by Gasteiger charge is 2.11. The predicted molar refractivity (Wildman–Crippen MR) is 81.2 cm³/mol. The molecular formula is C13H16BrNS2. The van der Waals surface area contributed by atoms with Gasteiger partial charge in [-0.1, -0.05) is 6.92 Å². The van der Waals surface area contributed by atoms with Crippen molar-refractivity contribution < 1.29 is 0 Å². The van der Waals surface area contributed by atoms with Crippen LogP contribution in [0.3, 0.4) is 0 Å². The lowest BCUT2D eigenvalue weighted by molar-refractivity contribution is 0.525. The van der Waals surface area contributed by atoms with E-state index in [0.29, 0.717) is 6.04 Å². The number of likely N-dealkylation sites (N-methyl/N-ethyl adjacent to an activating group) is 1. The van der Waals surface area contributed by atoms with Gasteiger partial charge in [0.05, 0.1) is 0 Å². The van der Waals surface area contributed by atoms with Crippen LogP contribution in [0.1, 0.15) is 17.4 Å². The fourth-order valence-corrected chi connectivity index (χ4v) is 4.12. The molecule has 0 amide bonds. The van der Waals surface area contributed by atoms with Crippen LogP contribution in [0.5, 0.6) is 0 Å². The van der Waals surface area contributed by atoms with Gasteiger partial charge in [0.2, 0.25) is 0 Å². The van der Waals surface area contributed by atoms with Gasteiger partial charge in [-0.25, -0.2) is 0 Å². The molecule has 0 aliphatic carbocycles. The SMILES string of the molecule is CCNC(Cc1ccsc1)Cc1cc(Br)cs1. The van der Waals surface area contributed by atoms with Crippen molar-refractivity contribution in [2.24, 2.45) is 0 Å². The first-order valence-electron chi connectivity index (χ1n) is 5.75. The molecule has 0 spiro atoms. The van der Waals surface area contributed by atoms with E-state index in [1.54, 1.807) is 11.3 Å². The van der Waals surface area contributed by atoms with Crippen LogP contribution in [0.2, 0.25) is 0 Å². The molecule has 2 aromatic heterocycles. The molecule has 0 radical (unpaired) electrons. The average Bonchev–Trinajstić information content (AvgIpc) is 2.91. The molecule has 0 fully saturated rings. The topological polar surface area (TPSA) is 12.0 Å². The summed E-state index contributed by atoms with van der Waals surface area (Å²) < 4.78 is 1.20. The molecule has 0 bridgehead atoms. The summed E-state index contributed by atoms with van der Waals surface area (Å²) in [5.74, 6) is 0. The van der Waals surface area contributed by atoms with Crippen LogP contribution in [0.25, 0.3) is 0 Å². The van der Waals surface area contributed by atoms with E-state index in [1.165, 1.54) is 14.9 Å².